The second-order valence-electron chi connectivity index (χ2n) is 7.49. The van der Waals surface area contributed by atoms with Crippen molar-refractivity contribution in [3.8, 4) is 0 Å². The van der Waals surface area contributed by atoms with Crippen molar-refractivity contribution in [1.82, 2.24) is 4.90 Å². The molecule has 0 unspecified atom stereocenters. The van der Waals surface area contributed by atoms with Crippen LogP contribution in [-0.2, 0) is 23.0 Å². The van der Waals surface area contributed by atoms with Gasteiger partial charge in [0.1, 0.15) is 5.82 Å². The molecule has 0 spiro atoms. The van der Waals surface area contributed by atoms with Gasteiger partial charge in [0.25, 0.3) is 5.91 Å². The first kappa shape index (κ1) is 21.3. The van der Waals surface area contributed by atoms with Gasteiger partial charge in [-0.05, 0) is 54.3 Å². The average Bonchev–Trinajstić information content (AvgIpc) is 3.12. The number of amides is 1. The quantitative estimate of drug-likeness (QED) is 0.610. The Balaban J connectivity index is 1.82. The third-order valence-electron chi connectivity index (χ3n) is 5.19. The van der Waals surface area contributed by atoms with Crippen LogP contribution in [-0.4, -0.2) is 38.6 Å². The number of anilines is 1. The van der Waals surface area contributed by atoms with Crippen molar-refractivity contribution in [2.24, 2.45) is 0 Å². The molecule has 1 aliphatic rings. The Bertz CT molecular complexity index is 974. The van der Waals surface area contributed by atoms with Crippen LogP contribution in [0.3, 0.4) is 0 Å². The Labute approximate surface area is 172 Å². The van der Waals surface area contributed by atoms with Crippen molar-refractivity contribution >= 4 is 21.6 Å². The molecule has 0 fully saturated rings. The molecule has 0 N–H and O–H groups in total. The van der Waals surface area contributed by atoms with Gasteiger partial charge >= 0.3 is 0 Å². The number of carbonyl (C=O) groups excluding carboxylic acids is 1. The SMILES string of the molecule is CCCCCN(Cc1ccc(F)cc1)C(=O)c1ccc2c(c1)CCN2S(C)(=O)=O. The van der Waals surface area contributed by atoms with Crippen LogP contribution in [0.4, 0.5) is 10.1 Å². The number of unbranched alkanes of at least 4 members (excludes halogenated alkanes) is 2. The summed E-state index contributed by atoms with van der Waals surface area (Å²) in [5.41, 5.74) is 2.95. The van der Waals surface area contributed by atoms with Crippen LogP contribution < -0.4 is 4.31 Å². The number of rotatable bonds is 8. The van der Waals surface area contributed by atoms with Gasteiger partial charge in [-0.1, -0.05) is 31.9 Å². The van der Waals surface area contributed by atoms with E-state index in [4.69, 9.17) is 0 Å². The highest BCUT2D eigenvalue weighted by Gasteiger charge is 2.27. The van der Waals surface area contributed by atoms with Gasteiger partial charge in [-0.2, -0.15) is 0 Å². The van der Waals surface area contributed by atoms with Crippen LogP contribution in [0.5, 0.6) is 0 Å². The van der Waals surface area contributed by atoms with Crippen LogP contribution in [0.1, 0.15) is 47.7 Å². The standard InChI is InChI=1S/C22H27FN2O3S/c1-3-4-5-13-24(16-17-6-9-20(23)10-7-17)22(26)19-8-11-21-18(15-19)12-14-25(21)29(2,27)28/h6-11,15H,3-5,12-14,16H2,1-2H3. The Morgan fingerprint density at radius 1 is 1.14 bits per heavy atom. The number of benzene rings is 2. The highest BCUT2D eigenvalue weighted by molar-refractivity contribution is 7.92. The minimum absolute atomic E-state index is 0.0916. The van der Waals surface area contributed by atoms with E-state index in [1.165, 1.54) is 22.7 Å². The Morgan fingerprint density at radius 3 is 2.52 bits per heavy atom. The highest BCUT2D eigenvalue weighted by Crippen LogP contribution is 2.31. The molecule has 1 heterocycles. The van der Waals surface area contributed by atoms with Gasteiger partial charge in [0.15, 0.2) is 0 Å². The fourth-order valence-corrected chi connectivity index (χ4v) is 4.61. The van der Waals surface area contributed by atoms with Crippen molar-refractivity contribution in [1.29, 1.82) is 0 Å². The van der Waals surface area contributed by atoms with Crippen molar-refractivity contribution < 1.29 is 17.6 Å². The minimum Gasteiger partial charge on any atom is -0.334 e. The maximum atomic E-state index is 13.2. The number of carbonyl (C=O) groups is 1. The average molecular weight is 419 g/mol. The lowest BCUT2D eigenvalue weighted by Crippen LogP contribution is -2.31. The summed E-state index contributed by atoms with van der Waals surface area (Å²) in [7, 11) is -3.32. The van der Waals surface area contributed by atoms with E-state index in [2.05, 4.69) is 6.92 Å². The molecule has 156 valence electrons. The Morgan fingerprint density at radius 2 is 1.86 bits per heavy atom. The summed E-state index contributed by atoms with van der Waals surface area (Å²) in [5, 5.41) is 0. The van der Waals surface area contributed by atoms with Gasteiger partial charge in [0, 0.05) is 25.2 Å². The first-order valence-electron chi connectivity index (χ1n) is 9.94. The van der Waals surface area contributed by atoms with E-state index in [0.717, 1.165) is 30.4 Å². The number of hydrogen-bond donors (Lipinski definition) is 0. The largest absolute Gasteiger partial charge is 0.334 e. The topological polar surface area (TPSA) is 57.7 Å². The molecule has 29 heavy (non-hydrogen) atoms. The van der Waals surface area contributed by atoms with E-state index in [-0.39, 0.29) is 11.7 Å². The summed E-state index contributed by atoms with van der Waals surface area (Å²) >= 11 is 0. The maximum absolute atomic E-state index is 13.2. The lowest BCUT2D eigenvalue weighted by Gasteiger charge is -2.23. The smallest absolute Gasteiger partial charge is 0.254 e. The van der Waals surface area contributed by atoms with Gasteiger partial charge in [-0.15, -0.1) is 0 Å². The summed E-state index contributed by atoms with van der Waals surface area (Å²) in [6.07, 6.45) is 4.77. The van der Waals surface area contributed by atoms with Gasteiger partial charge in [0.2, 0.25) is 10.0 Å². The molecular formula is C22H27FN2O3S. The zero-order valence-corrected chi connectivity index (χ0v) is 17.7. The predicted octanol–water partition coefficient (Wildman–Crippen LogP) is 3.98. The van der Waals surface area contributed by atoms with Crippen molar-refractivity contribution in [2.75, 3.05) is 23.7 Å². The van der Waals surface area contributed by atoms with Gasteiger partial charge in [-0.25, -0.2) is 12.8 Å². The normalized spacial score (nSPS) is 13.4. The summed E-state index contributed by atoms with van der Waals surface area (Å²) in [5.74, 6) is -0.391. The van der Waals surface area contributed by atoms with Gasteiger partial charge < -0.3 is 4.90 Å². The van der Waals surface area contributed by atoms with Crippen LogP contribution in [0.15, 0.2) is 42.5 Å². The van der Waals surface area contributed by atoms with E-state index >= 15 is 0 Å². The number of nitrogens with zero attached hydrogens (tertiary/aromatic N) is 2. The monoisotopic (exact) mass is 418 g/mol. The van der Waals surface area contributed by atoms with Crippen molar-refractivity contribution in [3.63, 3.8) is 0 Å². The number of fused-ring (bicyclic) bond motifs is 1. The molecule has 0 radical (unpaired) electrons. The number of sulfonamides is 1. The third kappa shape index (κ3) is 5.15. The molecule has 0 bridgehead atoms. The molecule has 2 aromatic carbocycles. The zero-order chi connectivity index (χ0) is 21.0. The van der Waals surface area contributed by atoms with E-state index in [9.17, 15) is 17.6 Å². The zero-order valence-electron chi connectivity index (χ0n) is 16.9. The predicted molar refractivity (Wildman–Crippen MR) is 113 cm³/mol. The summed E-state index contributed by atoms with van der Waals surface area (Å²) in [6, 6.07) is 11.4. The second-order valence-corrected chi connectivity index (χ2v) is 9.40. The number of halogens is 1. The molecule has 5 nitrogen and oxygen atoms in total. The lowest BCUT2D eigenvalue weighted by molar-refractivity contribution is 0.0740. The van der Waals surface area contributed by atoms with Crippen LogP contribution in [0.25, 0.3) is 0 Å². The van der Waals surface area contributed by atoms with E-state index < -0.39 is 10.0 Å². The molecule has 0 saturated heterocycles. The minimum atomic E-state index is -3.32. The van der Waals surface area contributed by atoms with Crippen LogP contribution >= 0.6 is 0 Å². The fourth-order valence-electron chi connectivity index (χ4n) is 3.65. The molecule has 1 aliphatic heterocycles. The molecular weight excluding hydrogens is 391 g/mol. The van der Waals surface area contributed by atoms with Crippen LogP contribution in [0.2, 0.25) is 0 Å². The molecule has 0 aromatic heterocycles. The maximum Gasteiger partial charge on any atom is 0.254 e. The van der Waals surface area contributed by atoms with Gasteiger partial charge in [0.05, 0.1) is 11.9 Å². The Hall–Kier alpha value is -2.41. The van der Waals surface area contributed by atoms with Crippen LogP contribution in [0, 0.1) is 5.82 Å². The molecule has 3 rings (SSSR count). The Kier molecular flexibility index (Phi) is 6.57. The molecule has 0 aliphatic carbocycles. The summed E-state index contributed by atoms with van der Waals surface area (Å²) in [6.45, 7) is 3.55. The fraction of sp³-hybridized carbons (Fsp3) is 0.409. The molecule has 1 amide bonds. The number of hydrogen-bond acceptors (Lipinski definition) is 3. The molecule has 0 atom stereocenters. The summed E-state index contributed by atoms with van der Waals surface area (Å²) < 4.78 is 38.4. The first-order chi connectivity index (χ1) is 13.8. The first-order valence-corrected chi connectivity index (χ1v) is 11.8. The van der Waals surface area contributed by atoms with E-state index in [0.29, 0.717) is 37.3 Å². The molecule has 2 aromatic rings. The van der Waals surface area contributed by atoms with Gasteiger partial charge in [-0.3, -0.25) is 9.10 Å². The summed E-state index contributed by atoms with van der Waals surface area (Å²) in [4.78, 5) is 15.0. The lowest BCUT2D eigenvalue weighted by atomic mass is 10.1. The van der Waals surface area contributed by atoms with Crippen molar-refractivity contribution in [3.05, 3.63) is 65.0 Å². The third-order valence-corrected chi connectivity index (χ3v) is 6.37. The highest BCUT2D eigenvalue weighted by atomic mass is 32.2. The van der Waals surface area contributed by atoms with E-state index in [1.54, 1.807) is 35.2 Å². The van der Waals surface area contributed by atoms with E-state index in [1.807, 2.05) is 0 Å². The molecule has 0 saturated carbocycles. The molecule has 7 heteroatoms. The van der Waals surface area contributed by atoms with Crippen molar-refractivity contribution in [2.45, 2.75) is 39.2 Å². The second kappa shape index (κ2) is 8.95.